The van der Waals surface area contributed by atoms with Crippen LogP contribution in [0.15, 0.2) is 0 Å². The zero-order chi connectivity index (χ0) is 9.68. The van der Waals surface area contributed by atoms with Crippen LogP contribution in [0.2, 0.25) is 0 Å². The zero-order valence-corrected chi connectivity index (χ0v) is 8.71. The Hall–Kier alpha value is -0.530. The van der Waals surface area contributed by atoms with E-state index in [1.54, 1.807) is 0 Å². The van der Waals surface area contributed by atoms with Crippen LogP contribution in [0.5, 0.6) is 0 Å². The monoisotopic (exact) mass is 184 g/mol. The second kappa shape index (κ2) is 5.25. The van der Waals surface area contributed by atoms with Crippen molar-refractivity contribution in [2.75, 3.05) is 0 Å². The summed E-state index contributed by atoms with van der Waals surface area (Å²) in [6.07, 6.45) is 7.74. The maximum absolute atomic E-state index is 10.8. The van der Waals surface area contributed by atoms with Gasteiger partial charge in [0.1, 0.15) is 6.10 Å². The Morgan fingerprint density at radius 2 is 1.92 bits per heavy atom. The van der Waals surface area contributed by atoms with Gasteiger partial charge in [0.15, 0.2) is 0 Å². The Balaban J connectivity index is 1.92. The number of hydrogen-bond donors (Lipinski definition) is 0. The van der Waals surface area contributed by atoms with Crippen molar-refractivity contribution in [1.29, 1.82) is 0 Å². The van der Waals surface area contributed by atoms with Gasteiger partial charge < -0.3 is 4.74 Å². The molecule has 0 spiro atoms. The fraction of sp³-hybridized carbons (Fsp3) is 0.909. The van der Waals surface area contributed by atoms with Crippen molar-refractivity contribution in [2.45, 2.75) is 58.5 Å². The second-order valence-corrected chi connectivity index (χ2v) is 3.97. The summed E-state index contributed by atoms with van der Waals surface area (Å²) in [7, 11) is 0. The highest BCUT2D eigenvalue weighted by Crippen LogP contribution is 2.26. The van der Waals surface area contributed by atoms with Gasteiger partial charge >= 0.3 is 5.97 Å². The molecule has 1 heterocycles. The normalized spacial score (nSPS) is 26.8. The highest BCUT2D eigenvalue weighted by Gasteiger charge is 2.37. The molecule has 0 N–H and O–H groups in total. The lowest BCUT2D eigenvalue weighted by atomic mass is 9.94. The molecule has 1 aliphatic rings. The van der Waals surface area contributed by atoms with Gasteiger partial charge in [-0.05, 0) is 19.8 Å². The summed E-state index contributed by atoms with van der Waals surface area (Å²) in [6.45, 7) is 4.18. The van der Waals surface area contributed by atoms with E-state index < -0.39 is 0 Å². The van der Waals surface area contributed by atoms with E-state index in [9.17, 15) is 4.79 Å². The van der Waals surface area contributed by atoms with Crippen molar-refractivity contribution in [3.05, 3.63) is 0 Å². The summed E-state index contributed by atoms with van der Waals surface area (Å²) in [5, 5.41) is 0. The number of ether oxygens (including phenoxy) is 1. The molecule has 2 atom stereocenters. The molecule has 0 amide bonds. The smallest absolute Gasteiger partial charge is 0.312 e. The van der Waals surface area contributed by atoms with Gasteiger partial charge in [0.2, 0.25) is 0 Å². The third kappa shape index (κ3) is 3.02. The minimum absolute atomic E-state index is 0.0152. The maximum Gasteiger partial charge on any atom is 0.312 e. The Morgan fingerprint density at radius 1 is 1.23 bits per heavy atom. The lowest BCUT2D eigenvalue weighted by Gasteiger charge is -2.32. The summed E-state index contributed by atoms with van der Waals surface area (Å²) in [4.78, 5) is 10.8. The molecule has 0 aliphatic carbocycles. The number of cyclic esters (lactones) is 1. The summed E-state index contributed by atoms with van der Waals surface area (Å²) in [5.41, 5.74) is 0. The molecule has 1 aliphatic heterocycles. The molecule has 1 fully saturated rings. The minimum Gasteiger partial charge on any atom is -0.461 e. The summed E-state index contributed by atoms with van der Waals surface area (Å²) in [6, 6.07) is 0. The first-order chi connectivity index (χ1) is 6.25. The van der Waals surface area contributed by atoms with Crippen LogP contribution in [0, 0.1) is 5.92 Å². The van der Waals surface area contributed by atoms with Crippen LogP contribution in [-0.2, 0) is 9.53 Å². The summed E-state index contributed by atoms with van der Waals surface area (Å²) >= 11 is 0. The topological polar surface area (TPSA) is 26.3 Å². The molecule has 13 heavy (non-hydrogen) atoms. The largest absolute Gasteiger partial charge is 0.461 e. The van der Waals surface area contributed by atoms with Gasteiger partial charge in [0.05, 0.1) is 5.92 Å². The van der Waals surface area contributed by atoms with E-state index >= 15 is 0 Å². The van der Waals surface area contributed by atoms with E-state index in [1.165, 1.54) is 32.1 Å². The number of carbonyl (C=O) groups is 1. The third-order valence-electron chi connectivity index (χ3n) is 2.79. The average Bonchev–Trinajstić information content (AvgIpc) is 2.15. The fourth-order valence-electron chi connectivity index (χ4n) is 1.70. The molecule has 0 aromatic carbocycles. The molecule has 1 rings (SSSR count). The molecule has 76 valence electrons. The summed E-state index contributed by atoms with van der Waals surface area (Å²) in [5.74, 6) is 0.143. The van der Waals surface area contributed by atoms with E-state index in [1.807, 2.05) is 6.92 Å². The van der Waals surface area contributed by atoms with Gasteiger partial charge in [-0.2, -0.15) is 0 Å². The highest BCUT2D eigenvalue weighted by atomic mass is 16.6. The van der Waals surface area contributed by atoms with Crippen LogP contribution in [0.25, 0.3) is 0 Å². The quantitative estimate of drug-likeness (QED) is 0.468. The molecule has 0 aromatic heterocycles. The molecular weight excluding hydrogens is 164 g/mol. The van der Waals surface area contributed by atoms with Crippen molar-refractivity contribution in [3.8, 4) is 0 Å². The number of hydrogen-bond acceptors (Lipinski definition) is 2. The van der Waals surface area contributed by atoms with E-state index in [-0.39, 0.29) is 18.0 Å². The molecular formula is C11H20O2. The van der Waals surface area contributed by atoms with Crippen LogP contribution in [0.3, 0.4) is 0 Å². The molecule has 2 nitrogen and oxygen atoms in total. The SMILES string of the molecule is CCCCCCC[C@@H]1OC(=O)[C@H]1C. The zero-order valence-electron chi connectivity index (χ0n) is 8.71. The number of unbranched alkanes of at least 4 members (excludes halogenated alkanes) is 4. The Labute approximate surface area is 80.7 Å². The van der Waals surface area contributed by atoms with Crippen LogP contribution in [-0.4, -0.2) is 12.1 Å². The van der Waals surface area contributed by atoms with Crippen molar-refractivity contribution >= 4 is 5.97 Å². The first-order valence-electron chi connectivity index (χ1n) is 5.46. The van der Waals surface area contributed by atoms with Crippen molar-refractivity contribution in [1.82, 2.24) is 0 Å². The lowest BCUT2D eigenvalue weighted by Crippen LogP contribution is -2.42. The van der Waals surface area contributed by atoms with Gasteiger partial charge in [-0.15, -0.1) is 0 Å². The maximum atomic E-state index is 10.8. The predicted octanol–water partition coefficient (Wildman–Crippen LogP) is 2.91. The van der Waals surface area contributed by atoms with Crippen molar-refractivity contribution in [3.63, 3.8) is 0 Å². The first kappa shape index (κ1) is 10.6. The second-order valence-electron chi connectivity index (χ2n) is 3.97. The molecule has 0 saturated carbocycles. The van der Waals surface area contributed by atoms with Crippen LogP contribution >= 0.6 is 0 Å². The predicted molar refractivity (Wildman–Crippen MR) is 52.4 cm³/mol. The van der Waals surface area contributed by atoms with Gasteiger partial charge in [-0.1, -0.05) is 32.6 Å². The van der Waals surface area contributed by atoms with E-state index in [0.29, 0.717) is 0 Å². The van der Waals surface area contributed by atoms with E-state index in [2.05, 4.69) is 6.92 Å². The highest BCUT2D eigenvalue weighted by molar-refractivity contribution is 5.77. The number of esters is 1. The Bertz CT molecular complexity index is 165. The number of carbonyl (C=O) groups excluding carboxylic acids is 1. The molecule has 1 saturated heterocycles. The van der Waals surface area contributed by atoms with Gasteiger partial charge in [0.25, 0.3) is 0 Å². The van der Waals surface area contributed by atoms with Crippen LogP contribution in [0.4, 0.5) is 0 Å². The number of rotatable bonds is 6. The van der Waals surface area contributed by atoms with Crippen LogP contribution < -0.4 is 0 Å². The van der Waals surface area contributed by atoms with Crippen molar-refractivity contribution in [2.24, 2.45) is 5.92 Å². The Morgan fingerprint density at radius 3 is 2.46 bits per heavy atom. The van der Waals surface area contributed by atoms with Crippen LogP contribution in [0.1, 0.15) is 52.4 Å². The van der Waals surface area contributed by atoms with E-state index in [4.69, 9.17) is 4.74 Å². The third-order valence-corrected chi connectivity index (χ3v) is 2.79. The molecule has 2 heteroatoms. The van der Waals surface area contributed by atoms with Gasteiger partial charge in [-0.3, -0.25) is 4.79 Å². The van der Waals surface area contributed by atoms with E-state index in [0.717, 1.165) is 6.42 Å². The fourth-order valence-corrected chi connectivity index (χ4v) is 1.70. The Kier molecular flexibility index (Phi) is 4.26. The summed E-state index contributed by atoms with van der Waals surface area (Å²) < 4.78 is 5.02. The van der Waals surface area contributed by atoms with Gasteiger partial charge in [0, 0.05) is 0 Å². The molecule has 0 aromatic rings. The molecule has 0 bridgehead atoms. The molecule has 0 radical (unpaired) electrons. The standard InChI is InChI=1S/C11H20O2/c1-3-4-5-6-7-8-10-9(2)11(12)13-10/h9-10H,3-8H2,1-2H3/t9-,10-/m0/s1. The van der Waals surface area contributed by atoms with Crippen molar-refractivity contribution < 1.29 is 9.53 Å². The minimum atomic E-state index is -0.0152. The lowest BCUT2D eigenvalue weighted by molar-refractivity contribution is -0.183. The average molecular weight is 184 g/mol. The van der Waals surface area contributed by atoms with Gasteiger partial charge in [-0.25, -0.2) is 0 Å². The first-order valence-corrected chi connectivity index (χ1v) is 5.46. The molecule has 0 unspecified atom stereocenters.